The molecule has 2 aromatic heterocycles. The molecular formula is C23H18Cl2FN3O2S. The molecule has 4 aromatic rings. The number of ether oxygens (including phenoxy) is 1. The smallest absolute Gasteiger partial charge is 0.266 e. The summed E-state index contributed by atoms with van der Waals surface area (Å²) in [5, 5.41) is 9.90. The third kappa shape index (κ3) is 5.48. The summed E-state index contributed by atoms with van der Waals surface area (Å²) in [6.45, 7) is 2.66. The van der Waals surface area contributed by atoms with E-state index in [4.69, 9.17) is 27.9 Å². The van der Waals surface area contributed by atoms with Crippen molar-refractivity contribution in [1.82, 2.24) is 9.78 Å². The number of anilines is 1. The number of hydrogen-bond acceptors (Lipinski definition) is 4. The lowest BCUT2D eigenvalue weighted by atomic mass is 10.2. The van der Waals surface area contributed by atoms with Crippen molar-refractivity contribution in [2.75, 3.05) is 5.32 Å². The minimum absolute atomic E-state index is 0.266. The van der Waals surface area contributed by atoms with Crippen LogP contribution >= 0.6 is 34.5 Å². The molecule has 0 atom stereocenters. The highest BCUT2D eigenvalue weighted by Crippen LogP contribution is 2.25. The van der Waals surface area contributed by atoms with E-state index in [1.54, 1.807) is 35.1 Å². The molecule has 164 valence electrons. The first-order valence-electron chi connectivity index (χ1n) is 9.62. The first-order valence-corrected chi connectivity index (χ1v) is 11.3. The highest BCUT2D eigenvalue weighted by molar-refractivity contribution is 7.12. The van der Waals surface area contributed by atoms with Crippen LogP contribution in [0.3, 0.4) is 0 Å². The molecular weight excluding hydrogens is 472 g/mol. The van der Waals surface area contributed by atoms with Gasteiger partial charge in [-0.2, -0.15) is 5.10 Å². The van der Waals surface area contributed by atoms with Crippen molar-refractivity contribution in [2.45, 2.75) is 20.1 Å². The second kappa shape index (κ2) is 9.73. The Kier molecular flexibility index (Phi) is 6.79. The van der Waals surface area contributed by atoms with Gasteiger partial charge in [-0.25, -0.2) is 4.39 Å². The van der Waals surface area contributed by atoms with Crippen molar-refractivity contribution in [1.29, 1.82) is 0 Å². The Labute approximate surface area is 198 Å². The lowest BCUT2D eigenvalue weighted by Gasteiger charge is -2.08. The van der Waals surface area contributed by atoms with Gasteiger partial charge < -0.3 is 10.1 Å². The quantitative estimate of drug-likeness (QED) is 0.319. The third-order valence-electron chi connectivity index (χ3n) is 4.62. The highest BCUT2D eigenvalue weighted by atomic mass is 35.5. The molecule has 0 radical (unpaired) electrons. The van der Waals surface area contributed by atoms with Gasteiger partial charge in [0.1, 0.15) is 23.2 Å². The number of carbonyl (C=O) groups is 1. The van der Waals surface area contributed by atoms with Gasteiger partial charge in [-0.05, 0) is 59.8 Å². The second-order valence-electron chi connectivity index (χ2n) is 7.12. The highest BCUT2D eigenvalue weighted by Gasteiger charge is 2.15. The normalized spacial score (nSPS) is 10.9. The molecule has 1 amide bonds. The van der Waals surface area contributed by atoms with Crippen molar-refractivity contribution in [3.8, 4) is 5.75 Å². The summed E-state index contributed by atoms with van der Waals surface area (Å²) >= 11 is 13.5. The molecule has 0 aliphatic heterocycles. The third-order valence-corrected chi connectivity index (χ3v) is 6.11. The van der Waals surface area contributed by atoms with E-state index < -0.39 is 0 Å². The molecule has 0 bridgehead atoms. The van der Waals surface area contributed by atoms with Crippen molar-refractivity contribution in [2.24, 2.45) is 0 Å². The van der Waals surface area contributed by atoms with E-state index in [9.17, 15) is 9.18 Å². The molecule has 0 aliphatic rings. The van der Waals surface area contributed by atoms with Gasteiger partial charge in [-0.15, -0.1) is 11.3 Å². The molecule has 0 saturated heterocycles. The van der Waals surface area contributed by atoms with Crippen molar-refractivity contribution in [3.63, 3.8) is 0 Å². The predicted molar refractivity (Wildman–Crippen MR) is 126 cm³/mol. The zero-order valence-electron chi connectivity index (χ0n) is 16.9. The van der Waals surface area contributed by atoms with Crippen LogP contribution in [0, 0.1) is 12.7 Å². The van der Waals surface area contributed by atoms with Crippen LogP contribution < -0.4 is 10.1 Å². The molecule has 1 N–H and O–H groups in total. The Balaban J connectivity index is 1.37. The minimum Gasteiger partial charge on any atom is -0.489 e. The van der Waals surface area contributed by atoms with Crippen LogP contribution in [0.15, 0.2) is 60.1 Å². The predicted octanol–water partition coefficient (Wildman–Crippen LogP) is 6.58. The maximum absolute atomic E-state index is 13.1. The number of aromatic nitrogens is 2. The van der Waals surface area contributed by atoms with E-state index in [0.29, 0.717) is 28.1 Å². The van der Waals surface area contributed by atoms with Crippen LogP contribution in [-0.2, 0) is 13.2 Å². The number of nitrogens with zero attached hydrogens (tertiary/aromatic N) is 2. The van der Waals surface area contributed by atoms with Crippen LogP contribution in [0.1, 0.15) is 26.4 Å². The first kappa shape index (κ1) is 22.3. The average molecular weight is 490 g/mol. The lowest BCUT2D eigenvalue weighted by Crippen LogP contribution is -2.11. The van der Waals surface area contributed by atoms with E-state index in [1.807, 2.05) is 24.4 Å². The molecule has 9 heteroatoms. The topological polar surface area (TPSA) is 56.1 Å². The van der Waals surface area contributed by atoms with Gasteiger partial charge in [0.25, 0.3) is 5.91 Å². The number of benzene rings is 2. The number of aryl methyl sites for hydroxylation is 1. The van der Waals surface area contributed by atoms with Gasteiger partial charge in [0.15, 0.2) is 5.82 Å². The Morgan fingerprint density at radius 3 is 2.69 bits per heavy atom. The molecule has 4 rings (SSSR count). The average Bonchev–Trinajstić information content (AvgIpc) is 3.36. The van der Waals surface area contributed by atoms with E-state index in [2.05, 4.69) is 10.4 Å². The van der Waals surface area contributed by atoms with Gasteiger partial charge in [0.2, 0.25) is 0 Å². The number of rotatable bonds is 7. The molecule has 5 nitrogen and oxygen atoms in total. The Bertz CT molecular complexity index is 1250. The lowest BCUT2D eigenvalue weighted by molar-refractivity contribution is 0.103. The Morgan fingerprint density at radius 2 is 1.94 bits per heavy atom. The Morgan fingerprint density at radius 1 is 1.16 bits per heavy atom. The van der Waals surface area contributed by atoms with Gasteiger partial charge in [0, 0.05) is 16.8 Å². The summed E-state index contributed by atoms with van der Waals surface area (Å²) in [6, 6.07) is 13.3. The summed E-state index contributed by atoms with van der Waals surface area (Å²) in [4.78, 5) is 13.2. The number of carbonyl (C=O) groups excluding carboxylic acids is 1. The molecule has 0 aliphatic carbocycles. The van der Waals surface area contributed by atoms with Gasteiger partial charge in [-0.1, -0.05) is 35.3 Å². The van der Waals surface area contributed by atoms with Gasteiger partial charge >= 0.3 is 0 Å². The van der Waals surface area contributed by atoms with E-state index in [1.165, 1.54) is 23.5 Å². The van der Waals surface area contributed by atoms with Gasteiger partial charge in [-0.3, -0.25) is 9.48 Å². The number of amides is 1. The number of thiophene rings is 1. The fourth-order valence-electron chi connectivity index (χ4n) is 3.01. The SMILES string of the molecule is Cc1cc(Cl)ccc1OCc1csc(C(=O)Nc2nn(Cc3ccc(F)cc3)cc2Cl)c1. The minimum atomic E-state index is -0.308. The zero-order valence-corrected chi connectivity index (χ0v) is 19.3. The summed E-state index contributed by atoms with van der Waals surface area (Å²) in [7, 11) is 0. The van der Waals surface area contributed by atoms with Crippen molar-refractivity contribution in [3.05, 3.63) is 97.5 Å². The maximum atomic E-state index is 13.1. The molecule has 0 unspecified atom stereocenters. The number of nitrogens with one attached hydrogen (secondary N) is 1. The van der Waals surface area contributed by atoms with Crippen LogP contribution in [0.4, 0.5) is 10.2 Å². The van der Waals surface area contributed by atoms with Crippen LogP contribution in [0.2, 0.25) is 10.0 Å². The number of hydrogen-bond donors (Lipinski definition) is 1. The fraction of sp³-hybridized carbons (Fsp3) is 0.130. The van der Waals surface area contributed by atoms with Crippen LogP contribution in [0.25, 0.3) is 0 Å². The van der Waals surface area contributed by atoms with E-state index in [0.717, 1.165) is 22.4 Å². The zero-order chi connectivity index (χ0) is 22.7. The summed E-state index contributed by atoms with van der Waals surface area (Å²) < 4.78 is 20.5. The Hall–Kier alpha value is -2.87. The van der Waals surface area contributed by atoms with Crippen molar-refractivity contribution < 1.29 is 13.9 Å². The largest absolute Gasteiger partial charge is 0.489 e. The van der Waals surface area contributed by atoms with Crippen LogP contribution in [0.5, 0.6) is 5.75 Å². The number of halogens is 3. The van der Waals surface area contributed by atoms with Crippen molar-refractivity contribution >= 4 is 46.3 Å². The molecule has 0 fully saturated rings. The van der Waals surface area contributed by atoms with Gasteiger partial charge in [0.05, 0.1) is 11.4 Å². The van der Waals surface area contributed by atoms with E-state index in [-0.39, 0.29) is 17.5 Å². The fourth-order valence-corrected chi connectivity index (χ4v) is 4.23. The summed E-state index contributed by atoms with van der Waals surface area (Å²) in [6.07, 6.45) is 1.61. The standard InChI is InChI=1S/C23H18Cl2FN3O2S/c1-14-8-17(24)4-7-20(14)31-12-16-9-21(32-13-16)23(30)27-22-19(25)11-29(28-22)10-15-2-5-18(26)6-3-15/h2-9,11,13H,10,12H2,1H3,(H,27,28,30). The second-order valence-corrected chi connectivity index (χ2v) is 8.88. The van der Waals surface area contributed by atoms with E-state index >= 15 is 0 Å². The monoisotopic (exact) mass is 489 g/mol. The summed E-state index contributed by atoms with van der Waals surface area (Å²) in [5.74, 6) is 0.397. The summed E-state index contributed by atoms with van der Waals surface area (Å²) in [5.41, 5.74) is 2.68. The molecule has 2 aromatic carbocycles. The molecule has 2 heterocycles. The molecule has 0 saturated carbocycles. The van der Waals surface area contributed by atoms with Crippen LogP contribution in [-0.4, -0.2) is 15.7 Å². The maximum Gasteiger partial charge on any atom is 0.266 e. The molecule has 0 spiro atoms. The molecule has 32 heavy (non-hydrogen) atoms. The first-order chi connectivity index (χ1) is 15.4.